The largest absolute Gasteiger partial charge is 0.494 e. The summed E-state index contributed by atoms with van der Waals surface area (Å²) in [7, 11) is 0. The second-order valence-corrected chi connectivity index (χ2v) is 7.42. The molecule has 4 heteroatoms. The molecule has 0 spiro atoms. The summed E-state index contributed by atoms with van der Waals surface area (Å²) in [4.78, 5) is 2.39. The predicted octanol–water partition coefficient (Wildman–Crippen LogP) is 5.58. The zero-order chi connectivity index (χ0) is 17.7. The van der Waals surface area contributed by atoms with E-state index in [0.717, 1.165) is 38.3 Å². The fourth-order valence-electron chi connectivity index (χ4n) is 3.66. The maximum absolute atomic E-state index is 9.41. The fraction of sp³-hybridized carbons (Fsp3) is 0.727. The Bertz CT molecular complexity index is 452. The molecule has 1 fully saturated rings. The molecule has 1 aliphatic rings. The van der Waals surface area contributed by atoms with Gasteiger partial charge in [-0.3, -0.25) is 4.90 Å². The SMILES string of the molecule is CCCCCCCCCCOc1ccc(CN2CCC[C@@H]2CO)cc1.Cl. The van der Waals surface area contributed by atoms with Gasteiger partial charge in [-0.2, -0.15) is 0 Å². The number of hydrogen-bond acceptors (Lipinski definition) is 3. The molecule has 0 saturated carbocycles. The minimum atomic E-state index is 0. The summed E-state index contributed by atoms with van der Waals surface area (Å²) < 4.78 is 5.86. The first-order valence-electron chi connectivity index (χ1n) is 10.4. The summed E-state index contributed by atoms with van der Waals surface area (Å²) in [6.07, 6.45) is 13.0. The van der Waals surface area contributed by atoms with Crippen LogP contribution in [0.3, 0.4) is 0 Å². The Morgan fingerprint density at radius 1 is 1.00 bits per heavy atom. The summed E-state index contributed by atoms with van der Waals surface area (Å²) in [5.74, 6) is 0.979. The van der Waals surface area contributed by atoms with Crippen molar-refractivity contribution in [3.8, 4) is 5.75 Å². The lowest BCUT2D eigenvalue weighted by molar-refractivity contribution is 0.153. The second-order valence-electron chi connectivity index (χ2n) is 7.42. The van der Waals surface area contributed by atoms with Gasteiger partial charge in [0.15, 0.2) is 0 Å². The first-order valence-corrected chi connectivity index (χ1v) is 10.4. The number of nitrogens with zero attached hydrogens (tertiary/aromatic N) is 1. The molecule has 1 aromatic rings. The minimum Gasteiger partial charge on any atom is -0.494 e. The van der Waals surface area contributed by atoms with Crippen molar-refractivity contribution in [2.24, 2.45) is 0 Å². The highest BCUT2D eigenvalue weighted by Gasteiger charge is 2.23. The van der Waals surface area contributed by atoms with Crippen LogP contribution in [0, 0.1) is 0 Å². The van der Waals surface area contributed by atoms with Crippen LogP contribution in [0.25, 0.3) is 0 Å². The topological polar surface area (TPSA) is 32.7 Å². The van der Waals surface area contributed by atoms with Crippen LogP contribution in [0.5, 0.6) is 5.75 Å². The number of unbranched alkanes of at least 4 members (excludes halogenated alkanes) is 7. The van der Waals surface area contributed by atoms with E-state index in [4.69, 9.17) is 4.74 Å². The molecule has 0 unspecified atom stereocenters. The van der Waals surface area contributed by atoms with Crippen molar-refractivity contribution in [2.75, 3.05) is 19.8 Å². The lowest BCUT2D eigenvalue weighted by atomic mass is 10.1. The third-order valence-corrected chi connectivity index (χ3v) is 5.29. The van der Waals surface area contributed by atoms with E-state index in [1.807, 2.05) is 0 Å². The van der Waals surface area contributed by atoms with Crippen molar-refractivity contribution in [3.63, 3.8) is 0 Å². The quantitative estimate of drug-likeness (QED) is 0.451. The van der Waals surface area contributed by atoms with Crippen molar-refractivity contribution >= 4 is 12.4 Å². The zero-order valence-corrected chi connectivity index (χ0v) is 17.3. The maximum Gasteiger partial charge on any atom is 0.119 e. The van der Waals surface area contributed by atoms with Gasteiger partial charge in [0.2, 0.25) is 0 Å². The summed E-state index contributed by atoms with van der Waals surface area (Å²) in [6, 6.07) is 8.85. The Morgan fingerprint density at radius 2 is 1.65 bits per heavy atom. The van der Waals surface area contributed by atoms with Crippen LogP contribution in [-0.2, 0) is 6.54 Å². The van der Waals surface area contributed by atoms with E-state index in [1.165, 1.54) is 56.9 Å². The molecule has 3 nitrogen and oxygen atoms in total. The Labute approximate surface area is 166 Å². The standard InChI is InChI=1S/C22H37NO2.ClH/c1-2-3-4-5-6-7-8-9-17-25-22-14-12-20(13-15-22)18-23-16-10-11-21(23)19-24;/h12-15,21,24H,2-11,16-19H2,1H3;1H/t21-;/m1./s1. The Kier molecular flexibility index (Phi) is 12.8. The molecule has 150 valence electrons. The third kappa shape index (κ3) is 8.75. The second kappa shape index (κ2) is 14.3. The molecule has 1 N–H and O–H groups in total. The van der Waals surface area contributed by atoms with Gasteiger partial charge in [0.25, 0.3) is 0 Å². The molecule has 0 radical (unpaired) electrons. The predicted molar refractivity (Wildman–Crippen MR) is 112 cm³/mol. The highest BCUT2D eigenvalue weighted by Crippen LogP contribution is 2.21. The Balaban J connectivity index is 0.00000338. The van der Waals surface area contributed by atoms with E-state index in [0.29, 0.717) is 6.04 Å². The molecule has 1 aliphatic heterocycles. The maximum atomic E-state index is 9.41. The number of hydrogen-bond donors (Lipinski definition) is 1. The van der Waals surface area contributed by atoms with Gasteiger partial charge < -0.3 is 9.84 Å². The average Bonchev–Trinajstić information content (AvgIpc) is 3.09. The van der Waals surface area contributed by atoms with E-state index in [1.54, 1.807) is 0 Å². The van der Waals surface area contributed by atoms with Crippen LogP contribution in [0.4, 0.5) is 0 Å². The van der Waals surface area contributed by atoms with E-state index in [9.17, 15) is 5.11 Å². The van der Waals surface area contributed by atoms with Crippen LogP contribution >= 0.6 is 12.4 Å². The zero-order valence-electron chi connectivity index (χ0n) is 16.5. The molecule has 0 amide bonds. The molecule has 1 atom stereocenters. The molecule has 0 aromatic heterocycles. The molecular weight excluding hydrogens is 346 g/mol. The lowest BCUT2D eigenvalue weighted by Gasteiger charge is -2.22. The van der Waals surface area contributed by atoms with Crippen LogP contribution < -0.4 is 4.74 Å². The van der Waals surface area contributed by atoms with E-state index < -0.39 is 0 Å². The smallest absolute Gasteiger partial charge is 0.119 e. The number of ether oxygens (including phenoxy) is 1. The molecule has 0 bridgehead atoms. The van der Waals surface area contributed by atoms with E-state index >= 15 is 0 Å². The average molecular weight is 384 g/mol. The van der Waals surface area contributed by atoms with Gasteiger partial charge in [-0.15, -0.1) is 12.4 Å². The summed E-state index contributed by atoms with van der Waals surface area (Å²) in [5.41, 5.74) is 1.31. The summed E-state index contributed by atoms with van der Waals surface area (Å²) in [6.45, 7) is 5.40. The van der Waals surface area contributed by atoms with Crippen molar-refractivity contribution in [1.29, 1.82) is 0 Å². The number of likely N-dealkylation sites (tertiary alicyclic amines) is 1. The van der Waals surface area contributed by atoms with Gasteiger partial charge in [-0.1, -0.05) is 64.0 Å². The van der Waals surface area contributed by atoms with Gasteiger partial charge >= 0.3 is 0 Å². The first kappa shape index (κ1) is 23.3. The van der Waals surface area contributed by atoms with E-state index in [-0.39, 0.29) is 19.0 Å². The van der Waals surface area contributed by atoms with E-state index in [2.05, 4.69) is 36.1 Å². The summed E-state index contributed by atoms with van der Waals surface area (Å²) in [5, 5.41) is 9.41. The van der Waals surface area contributed by atoms with Gasteiger partial charge in [0.1, 0.15) is 5.75 Å². The minimum absolute atomic E-state index is 0. The van der Waals surface area contributed by atoms with Gasteiger partial charge in [0.05, 0.1) is 13.2 Å². The number of benzene rings is 1. The molecule has 0 aliphatic carbocycles. The van der Waals surface area contributed by atoms with Crippen molar-refractivity contribution in [2.45, 2.75) is 83.7 Å². The number of aliphatic hydroxyl groups is 1. The highest BCUT2D eigenvalue weighted by atomic mass is 35.5. The highest BCUT2D eigenvalue weighted by molar-refractivity contribution is 5.85. The van der Waals surface area contributed by atoms with Crippen LogP contribution in [0.1, 0.15) is 76.7 Å². The Hall–Kier alpha value is -0.770. The monoisotopic (exact) mass is 383 g/mol. The normalized spacial score (nSPS) is 17.2. The Morgan fingerprint density at radius 3 is 2.31 bits per heavy atom. The number of halogens is 1. The summed E-state index contributed by atoms with van der Waals surface area (Å²) >= 11 is 0. The molecule has 1 heterocycles. The number of rotatable bonds is 13. The van der Waals surface area contributed by atoms with Gasteiger partial charge in [0, 0.05) is 12.6 Å². The van der Waals surface area contributed by atoms with Crippen LogP contribution in [-0.4, -0.2) is 35.8 Å². The fourth-order valence-corrected chi connectivity index (χ4v) is 3.66. The third-order valence-electron chi connectivity index (χ3n) is 5.29. The molecule has 1 saturated heterocycles. The van der Waals surface area contributed by atoms with Crippen LogP contribution in [0.2, 0.25) is 0 Å². The molecule has 2 rings (SSSR count). The first-order chi connectivity index (χ1) is 12.3. The number of aliphatic hydroxyl groups excluding tert-OH is 1. The van der Waals surface area contributed by atoms with Crippen molar-refractivity contribution in [1.82, 2.24) is 4.90 Å². The molecule has 26 heavy (non-hydrogen) atoms. The lowest BCUT2D eigenvalue weighted by Crippen LogP contribution is -2.31. The molecule has 1 aromatic carbocycles. The van der Waals surface area contributed by atoms with Crippen LogP contribution in [0.15, 0.2) is 24.3 Å². The van der Waals surface area contributed by atoms with Gasteiger partial charge in [-0.25, -0.2) is 0 Å². The van der Waals surface area contributed by atoms with Gasteiger partial charge in [-0.05, 0) is 43.5 Å². The van der Waals surface area contributed by atoms with Crippen molar-refractivity contribution < 1.29 is 9.84 Å². The van der Waals surface area contributed by atoms with Crippen molar-refractivity contribution in [3.05, 3.63) is 29.8 Å². The molecular formula is C22H38ClNO2.